The number of aromatic nitrogens is 4. The van der Waals surface area contributed by atoms with Gasteiger partial charge in [0.05, 0.1) is 44.4 Å². The summed E-state index contributed by atoms with van der Waals surface area (Å²) in [7, 11) is 0. The molecule has 0 atom stereocenters. The van der Waals surface area contributed by atoms with E-state index < -0.39 is 5.41 Å². The van der Waals surface area contributed by atoms with Crippen LogP contribution in [0, 0.1) is 11.3 Å². The summed E-state index contributed by atoms with van der Waals surface area (Å²) in [4.78, 5) is 8.71. The SMILES string of the molecule is N#Cc1c(-c2ccncn2)cccc1-c1cccc2c1Oc1c(-n3c4ccccc4c4cc(-n5c6ccccc6c6ccccc65)ccc43)cccc1C21c2ccccc2-c2ccccc21. The Labute approximate surface area is 379 Å². The highest BCUT2D eigenvalue weighted by atomic mass is 16.5. The zero-order valence-electron chi connectivity index (χ0n) is 35.4. The molecule has 0 N–H and O–H groups in total. The summed E-state index contributed by atoms with van der Waals surface area (Å²) < 4.78 is 12.4. The molecule has 6 heteroatoms. The Kier molecular flexibility index (Phi) is 7.58. The van der Waals surface area contributed by atoms with E-state index in [-0.39, 0.29) is 0 Å². The lowest BCUT2D eigenvalue weighted by Gasteiger charge is -2.41. The number of nitrogens with zero attached hydrogens (tertiary/aromatic N) is 5. The summed E-state index contributed by atoms with van der Waals surface area (Å²) in [6, 6.07) is 73.9. The van der Waals surface area contributed by atoms with E-state index in [0.29, 0.717) is 11.3 Å². The van der Waals surface area contributed by atoms with Gasteiger partial charge in [-0.2, -0.15) is 5.26 Å². The molecule has 0 saturated carbocycles. The van der Waals surface area contributed by atoms with Crippen LogP contribution < -0.4 is 4.74 Å². The largest absolute Gasteiger partial charge is 0.454 e. The fraction of sp³-hybridized carbons (Fsp3) is 0.0167. The average Bonchev–Trinajstić information content (AvgIpc) is 4.00. The summed E-state index contributed by atoms with van der Waals surface area (Å²) >= 11 is 0. The molecule has 0 unspecified atom stereocenters. The van der Waals surface area contributed by atoms with E-state index in [9.17, 15) is 5.26 Å². The summed E-state index contributed by atoms with van der Waals surface area (Å²) in [6.07, 6.45) is 3.23. The predicted octanol–water partition coefficient (Wildman–Crippen LogP) is 14.3. The zero-order valence-corrected chi connectivity index (χ0v) is 35.4. The van der Waals surface area contributed by atoms with Gasteiger partial charge in [-0.05, 0) is 70.8 Å². The number of rotatable bonds is 4. The lowest BCUT2D eigenvalue weighted by Crippen LogP contribution is -2.32. The van der Waals surface area contributed by atoms with Crippen LogP contribution in [0.1, 0.15) is 27.8 Å². The molecule has 0 amide bonds. The summed E-state index contributed by atoms with van der Waals surface area (Å²) in [5, 5.41) is 15.7. The Morgan fingerprint density at radius 1 is 0.439 bits per heavy atom. The number of fused-ring (bicyclic) bond motifs is 15. The molecule has 66 heavy (non-hydrogen) atoms. The van der Waals surface area contributed by atoms with Crippen molar-refractivity contribution in [3.8, 4) is 62.5 Å². The number of hydrogen-bond donors (Lipinski definition) is 0. The minimum atomic E-state index is -0.748. The monoisotopic (exact) mass is 841 g/mol. The number of hydrogen-bond acceptors (Lipinski definition) is 4. The third-order valence-electron chi connectivity index (χ3n) is 14.0. The van der Waals surface area contributed by atoms with Gasteiger partial charge in [0, 0.05) is 61.2 Å². The van der Waals surface area contributed by atoms with Crippen molar-refractivity contribution in [2.75, 3.05) is 0 Å². The summed E-state index contributed by atoms with van der Waals surface area (Å²) in [6.45, 7) is 0. The van der Waals surface area contributed by atoms with Gasteiger partial charge >= 0.3 is 0 Å². The van der Waals surface area contributed by atoms with E-state index in [4.69, 9.17) is 4.74 Å². The van der Waals surface area contributed by atoms with Crippen LogP contribution in [0.3, 0.4) is 0 Å². The van der Waals surface area contributed by atoms with Crippen LogP contribution in [0.5, 0.6) is 11.5 Å². The van der Waals surface area contributed by atoms with E-state index in [1.807, 2.05) is 24.3 Å². The quantitative estimate of drug-likeness (QED) is 0.177. The van der Waals surface area contributed by atoms with E-state index in [2.05, 4.69) is 201 Å². The topological polar surface area (TPSA) is 68.7 Å². The minimum Gasteiger partial charge on any atom is -0.454 e. The van der Waals surface area contributed by atoms with E-state index in [1.54, 1.807) is 6.20 Å². The van der Waals surface area contributed by atoms with Crippen LogP contribution in [0.2, 0.25) is 0 Å². The highest BCUT2D eigenvalue weighted by molar-refractivity contribution is 6.12. The molecule has 3 aromatic heterocycles. The fourth-order valence-electron chi connectivity index (χ4n) is 11.4. The second-order valence-corrected chi connectivity index (χ2v) is 17.1. The van der Waals surface area contributed by atoms with Gasteiger partial charge in [0.1, 0.15) is 18.1 Å². The molecule has 306 valence electrons. The Balaban J connectivity index is 1.06. The molecular weight excluding hydrogens is 807 g/mol. The maximum Gasteiger partial charge on any atom is 0.156 e. The van der Waals surface area contributed by atoms with E-state index in [0.717, 1.165) is 72.5 Å². The minimum absolute atomic E-state index is 0.523. The molecule has 1 spiro atoms. The summed E-state index contributed by atoms with van der Waals surface area (Å²) in [5.41, 5.74) is 16.2. The van der Waals surface area contributed by atoms with Crippen molar-refractivity contribution in [3.63, 3.8) is 0 Å². The van der Waals surface area contributed by atoms with Crippen LogP contribution in [0.15, 0.2) is 213 Å². The number of benzene rings is 9. The Bertz CT molecular complexity index is 3960. The lowest BCUT2D eigenvalue weighted by molar-refractivity contribution is 0.436. The smallest absolute Gasteiger partial charge is 0.156 e. The highest BCUT2D eigenvalue weighted by Gasteiger charge is 2.52. The van der Waals surface area contributed by atoms with Gasteiger partial charge in [-0.15, -0.1) is 0 Å². The first-order chi connectivity index (χ1) is 32.7. The van der Waals surface area contributed by atoms with Crippen molar-refractivity contribution in [2.24, 2.45) is 0 Å². The lowest BCUT2D eigenvalue weighted by atomic mass is 9.65. The molecule has 9 aromatic carbocycles. The standard InChI is InChI=1S/C60H35N5O/c61-35-47-38(19-11-20-41(47)52-32-33-62-36-63-52)45-21-12-24-50-58(45)66-59-51(60(50)48-22-6-1-14-39(48)40-15-2-7-23-49(40)60)25-13-29-57(59)65-55-28-10-5-18-44(55)46-34-37(30-31-56(46)65)64-53-26-8-3-16-42(53)43-17-4-9-27-54(43)64/h1-34,36H. The predicted molar refractivity (Wildman–Crippen MR) is 264 cm³/mol. The maximum absolute atomic E-state index is 11.0. The van der Waals surface area contributed by atoms with Crippen LogP contribution in [0.4, 0.5) is 0 Å². The van der Waals surface area contributed by atoms with Crippen molar-refractivity contribution in [3.05, 3.63) is 241 Å². The van der Waals surface area contributed by atoms with E-state index >= 15 is 0 Å². The molecule has 0 saturated heterocycles. The molecule has 4 heterocycles. The number of para-hydroxylation sites is 5. The van der Waals surface area contributed by atoms with Gasteiger partial charge in [-0.3, -0.25) is 0 Å². The third kappa shape index (κ3) is 4.78. The van der Waals surface area contributed by atoms with Crippen LogP contribution in [-0.4, -0.2) is 19.1 Å². The molecule has 6 nitrogen and oxygen atoms in total. The molecule has 2 aliphatic rings. The van der Waals surface area contributed by atoms with Gasteiger partial charge in [0.2, 0.25) is 0 Å². The van der Waals surface area contributed by atoms with Crippen LogP contribution in [-0.2, 0) is 5.41 Å². The average molecular weight is 842 g/mol. The normalized spacial score (nSPS) is 13.1. The first kappa shape index (κ1) is 36.4. The summed E-state index contributed by atoms with van der Waals surface area (Å²) in [5.74, 6) is 1.48. The first-order valence-electron chi connectivity index (χ1n) is 22.2. The van der Waals surface area contributed by atoms with Crippen molar-refractivity contribution in [1.82, 2.24) is 19.1 Å². The third-order valence-corrected chi connectivity index (χ3v) is 14.0. The zero-order chi connectivity index (χ0) is 43.5. The van der Waals surface area contributed by atoms with E-state index in [1.165, 1.54) is 50.4 Å². The molecule has 0 bridgehead atoms. The van der Waals surface area contributed by atoms with Gasteiger partial charge in [-0.25, -0.2) is 9.97 Å². The second kappa shape index (κ2) is 13.7. The highest BCUT2D eigenvalue weighted by Crippen LogP contribution is 2.64. The molecule has 12 aromatic rings. The Morgan fingerprint density at radius 2 is 0.970 bits per heavy atom. The first-order valence-corrected chi connectivity index (χ1v) is 22.2. The molecule has 14 rings (SSSR count). The van der Waals surface area contributed by atoms with Gasteiger partial charge in [-0.1, -0.05) is 152 Å². The van der Waals surface area contributed by atoms with Gasteiger partial charge < -0.3 is 13.9 Å². The van der Waals surface area contributed by atoms with Crippen LogP contribution in [0.25, 0.3) is 88.5 Å². The second-order valence-electron chi connectivity index (χ2n) is 17.1. The molecule has 0 fully saturated rings. The number of nitriles is 1. The number of ether oxygens (including phenoxy) is 1. The van der Waals surface area contributed by atoms with Gasteiger partial charge in [0.15, 0.2) is 5.75 Å². The maximum atomic E-state index is 11.0. The molecular formula is C60H35N5O. The van der Waals surface area contributed by atoms with Crippen molar-refractivity contribution >= 4 is 43.6 Å². The van der Waals surface area contributed by atoms with Crippen molar-refractivity contribution in [2.45, 2.75) is 5.41 Å². The Hall–Kier alpha value is -9.05. The Morgan fingerprint density at radius 3 is 1.65 bits per heavy atom. The fourth-order valence-corrected chi connectivity index (χ4v) is 11.4. The molecule has 0 radical (unpaired) electrons. The van der Waals surface area contributed by atoms with Gasteiger partial charge in [0.25, 0.3) is 0 Å². The van der Waals surface area contributed by atoms with Crippen molar-refractivity contribution < 1.29 is 4.74 Å². The molecule has 1 aliphatic heterocycles. The van der Waals surface area contributed by atoms with Crippen LogP contribution >= 0.6 is 0 Å². The molecule has 1 aliphatic carbocycles. The van der Waals surface area contributed by atoms with Crippen molar-refractivity contribution in [1.29, 1.82) is 5.26 Å².